The number of aromatic nitrogens is 3. The fraction of sp³-hybridized carbons (Fsp3) is 0.400. The zero-order valence-electron chi connectivity index (χ0n) is 20.1. The molecule has 3 aromatic rings. The molecule has 7 nitrogen and oxygen atoms in total. The van der Waals surface area contributed by atoms with Crippen LogP contribution in [0.3, 0.4) is 0 Å². The van der Waals surface area contributed by atoms with Crippen LogP contribution in [0.2, 0.25) is 0 Å². The number of benzene rings is 2. The van der Waals surface area contributed by atoms with Crippen LogP contribution in [0, 0.1) is 0 Å². The molecule has 3 rings (SSSR count). The number of methoxy groups -OCH3 is 1. The quantitative estimate of drug-likeness (QED) is 0.387. The molecule has 176 valence electrons. The number of hydrogen-bond acceptors (Lipinski definition) is 6. The van der Waals surface area contributed by atoms with Gasteiger partial charge in [0.2, 0.25) is 5.91 Å². The first kappa shape index (κ1) is 24.6. The summed E-state index contributed by atoms with van der Waals surface area (Å²) in [5.74, 6) is 2.57. The molecule has 0 unspecified atom stereocenters. The number of rotatable bonds is 10. The molecule has 1 aromatic heterocycles. The molecule has 0 aliphatic rings. The summed E-state index contributed by atoms with van der Waals surface area (Å²) in [4.78, 5) is 14.8. The van der Waals surface area contributed by atoms with E-state index < -0.39 is 0 Å². The van der Waals surface area contributed by atoms with Crippen molar-refractivity contribution in [3.63, 3.8) is 0 Å². The molecule has 8 heteroatoms. The standard InChI is InChI=1S/C25H32N4O3S/c1-7-32-21-13-11-20(12-14-21)29-24(19-9-8-10-22(15-19)31-6)26-27-25(29)33-16-23(30)28(17(2)3)18(4)5/h8-15,17-18H,7,16H2,1-6H3. The van der Waals surface area contributed by atoms with Gasteiger partial charge in [-0.1, -0.05) is 23.9 Å². The second-order valence-corrected chi connectivity index (χ2v) is 9.02. The summed E-state index contributed by atoms with van der Waals surface area (Å²) < 4.78 is 13.0. The number of amides is 1. The zero-order valence-corrected chi connectivity index (χ0v) is 20.9. The molecular formula is C25H32N4O3S. The average Bonchev–Trinajstić information content (AvgIpc) is 3.22. The molecule has 2 aromatic carbocycles. The summed E-state index contributed by atoms with van der Waals surface area (Å²) >= 11 is 1.39. The van der Waals surface area contributed by atoms with E-state index in [1.165, 1.54) is 11.8 Å². The summed E-state index contributed by atoms with van der Waals surface area (Å²) in [5.41, 5.74) is 1.76. The van der Waals surface area contributed by atoms with Crippen LogP contribution in [0.4, 0.5) is 0 Å². The molecule has 0 fully saturated rings. The van der Waals surface area contributed by atoms with Crippen LogP contribution in [0.5, 0.6) is 11.5 Å². The predicted octanol–water partition coefficient (Wildman–Crippen LogP) is 5.08. The third-order valence-electron chi connectivity index (χ3n) is 5.09. The third kappa shape index (κ3) is 5.87. The monoisotopic (exact) mass is 468 g/mol. The largest absolute Gasteiger partial charge is 0.497 e. The Bertz CT molecular complexity index is 1060. The van der Waals surface area contributed by atoms with Crippen LogP contribution in [0.15, 0.2) is 53.7 Å². The highest BCUT2D eigenvalue weighted by molar-refractivity contribution is 7.99. The first-order valence-electron chi connectivity index (χ1n) is 11.1. The third-order valence-corrected chi connectivity index (χ3v) is 6.01. The van der Waals surface area contributed by atoms with Gasteiger partial charge < -0.3 is 14.4 Å². The van der Waals surface area contributed by atoms with E-state index >= 15 is 0 Å². The Labute approximate surface area is 200 Å². The normalized spacial score (nSPS) is 11.2. The molecular weight excluding hydrogens is 436 g/mol. The molecule has 0 aliphatic carbocycles. The highest BCUT2D eigenvalue weighted by Gasteiger charge is 2.23. The number of carbonyl (C=O) groups excluding carboxylic acids is 1. The first-order chi connectivity index (χ1) is 15.8. The number of carbonyl (C=O) groups is 1. The molecule has 0 spiro atoms. The molecule has 0 aliphatic heterocycles. The molecule has 0 saturated heterocycles. The van der Waals surface area contributed by atoms with Gasteiger partial charge in [0.25, 0.3) is 0 Å². The number of nitrogens with zero attached hydrogens (tertiary/aromatic N) is 4. The summed E-state index contributed by atoms with van der Waals surface area (Å²) in [6, 6.07) is 15.8. The molecule has 0 bridgehead atoms. The summed E-state index contributed by atoms with van der Waals surface area (Å²) in [6.45, 7) is 10.7. The van der Waals surface area contributed by atoms with Crippen molar-refractivity contribution in [2.45, 2.75) is 51.9 Å². The SMILES string of the molecule is CCOc1ccc(-n2c(SCC(=O)N(C(C)C)C(C)C)nnc2-c2cccc(OC)c2)cc1. The van der Waals surface area contributed by atoms with Crippen LogP contribution < -0.4 is 9.47 Å². The van der Waals surface area contributed by atoms with Crippen molar-refractivity contribution >= 4 is 17.7 Å². The van der Waals surface area contributed by atoms with Gasteiger partial charge in [0.05, 0.1) is 19.5 Å². The van der Waals surface area contributed by atoms with Crippen molar-refractivity contribution in [3.05, 3.63) is 48.5 Å². The lowest BCUT2D eigenvalue weighted by molar-refractivity contribution is -0.131. The van der Waals surface area contributed by atoms with Crippen molar-refractivity contribution in [2.75, 3.05) is 19.5 Å². The lowest BCUT2D eigenvalue weighted by Gasteiger charge is -2.30. The molecule has 0 N–H and O–H groups in total. The van der Waals surface area contributed by atoms with Gasteiger partial charge in [-0.25, -0.2) is 0 Å². The van der Waals surface area contributed by atoms with E-state index in [2.05, 4.69) is 10.2 Å². The fourth-order valence-electron chi connectivity index (χ4n) is 3.78. The van der Waals surface area contributed by atoms with Crippen molar-refractivity contribution in [1.82, 2.24) is 19.7 Å². The minimum absolute atomic E-state index is 0.0779. The number of hydrogen-bond donors (Lipinski definition) is 0. The van der Waals surface area contributed by atoms with Gasteiger partial charge in [-0.2, -0.15) is 0 Å². The molecule has 33 heavy (non-hydrogen) atoms. The second kappa shape index (κ2) is 11.2. The number of ether oxygens (including phenoxy) is 2. The summed E-state index contributed by atoms with van der Waals surface area (Å²) in [7, 11) is 1.64. The minimum Gasteiger partial charge on any atom is -0.497 e. The number of thioether (sulfide) groups is 1. The average molecular weight is 469 g/mol. The summed E-state index contributed by atoms with van der Waals surface area (Å²) in [5, 5.41) is 9.56. The predicted molar refractivity (Wildman–Crippen MR) is 132 cm³/mol. The van der Waals surface area contributed by atoms with Gasteiger partial charge in [0.15, 0.2) is 11.0 Å². The molecule has 0 saturated carbocycles. The van der Waals surface area contributed by atoms with Gasteiger partial charge >= 0.3 is 0 Å². The van der Waals surface area contributed by atoms with E-state index in [-0.39, 0.29) is 23.7 Å². The highest BCUT2D eigenvalue weighted by Crippen LogP contribution is 2.30. The van der Waals surface area contributed by atoms with Crippen LogP contribution in [0.25, 0.3) is 17.1 Å². The maximum absolute atomic E-state index is 12.9. The first-order valence-corrected chi connectivity index (χ1v) is 12.1. The smallest absolute Gasteiger partial charge is 0.233 e. The maximum Gasteiger partial charge on any atom is 0.233 e. The lowest BCUT2D eigenvalue weighted by Crippen LogP contribution is -2.43. The maximum atomic E-state index is 12.9. The lowest BCUT2D eigenvalue weighted by atomic mass is 10.2. The van der Waals surface area contributed by atoms with E-state index in [9.17, 15) is 4.79 Å². The van der Waals surface area contributed by atoms with Gasteiger partial charge in [-0.3, -0.25) is 9.36 Å². The molecule has 0 atom stereocenters. The minimum atomic E-state index is 0.0779. The Hall–Kier alpha value is -3.00. The van der Waals surface area contributed by atoms with Crippen LogP contribution in [0.1, 0.15) is 34.6 Å². The van der Waals surface area contributed by atoms with Crippen molar-refractivity contribution in [3.8, 4) is 28.6 Å². The van der Waals surface area contributed by atoms with Crippen LogP contribution in [-0.4, -0.2) is 57.1 Å². The van der Waals surface area contributed by atoms with Crippen LogP contribution in [-0.2, 0) is 4.79 Å². The van der Waals surface area contributed by atoms with E-state index in [4.69, 9.17) is 9.47 Å². The summed E-state index contributed by atoms with van der Waals surface area (Å²) in [6.07, 6.45) is 0. The van der Waals surface area contributed by atoms with Gasteiger partial charge in [0, 0.05) is 23.3 Å². The van der Waals surface area contributed by atoms with E-state index in [0.29, 0.717) is 17.6 Å². The highest BCUT2D eigenvalue weighted by atomic mass is 32.2. The Morgan fingerprint density at radius 2 is 1.73 bits per heavy atom. The Morgan fingerprint density at radius 1 is 1.03 bits per heavy atom. The molecule has 0 radical (unpaired) electrons. The zero-order chi connectivity index (χ0) is 24.0. The van der Waals surface area contributed by atoms with Gasteiger partial charge in [0.1, 0.15) is 11.5 Å². The Kier molecular flexibility index (Phi) is 8.38. The van der Waals surface area contributed by atoms with Crippen molar-refractivity contribution < 1.29 is 14.3 Å². The fourth-order valence-corrected chi connectivity index (χ4v) is 4.60. The Morgan fingerprint density at radius 3 is 2.33 bits per heavy atom. The molecule has 1 amide bonds. The van der Waals surface area contributed by atoms with E-state index in [0.717, 1.165) is 22.7 Å². The van der Waals surface area contributed by atoms with E-state index in [1.807, 2.05) is 92.6 Å². The molecule has 1 heterocycles. The van der Waals surface area contributed by atoms with E-state index in [1.54, 1.807) is 7.11 Å². The Balaban J connectivity index is 1.98. The second-order valence-electron chi connectivity index (χ2n) is 8.08. The van der Waals surface area contributed by atoms with Gasteiger partial charge in [-0.15, -0.1) is 10.2 Å². The van der Waals surface area contributed by atoms with Crippen LogP contribution >= 0.6 is 11.8 Å². The topological polar surface area (TPSA) is 69.5 Å². The van der Waals surface area contributed by atoms with Crippen molar-refractivity contribution in [1.29, 1.82) is 0 Å². The van der Waals surface area contributed by atoms with Crippen molar-refractivity contribution in [2.24, 2.45) is 0 Å². The van der Waals surface area contributed by atoms with Gasteiger partial charge in [-0.05, 0) is 71.0 Å².